The molecule has 1 aromatic carbocycles. The van der Waals surface area contributed by atoms with E-state index in [1.165, 1.54) is 18.9 Å². The second-order valence-corrected chi connectivity index (χ2v) is 4.89. The highest BCUT2D eigenvalue weighted by Gasteiger charge is 2.15. The maximum Gasteiger partial charge on any atom is 0.387 e. The van der Waals surface area contributed by atoms with Gasteiger partial charge in [0.2, 0.25) is 0 Å². The number of hydrogen-bond acceptors (Lipinski definition) is 2. The van der Waals surface area contributed by atoms with Crippen LogP contribution in [0.4, 0.5) is 8.78 Å². The monoisotopic (exact) mass is 297 g/mol. The van der Waals surface area contributed by atoms with Gasteiger partial charge < -0.3 is 15.0 Å². The Labute approximate surface area is 123 Å². The summed E-state index contributed by atoms with van der Waals surface area (Å²) in [6, 6.07) is 6.68. The molecule has 0 amide bonds. The molecule has 0 aromatic heterocycles. The third-order valence-electron chi connectivity index (χ3n) is 3.28. The Balaban J connectivity index is 2.02. The molecule has 1 aliphatic rings. The number of likely N-dealkylation sites (tertiary alicyclic amines) is 1. The Kier molecular flexibility index (Phi) is 5.78. The van der Waals surface area contributed by atoms with Gasteiger partial charge in [0.25, 0.3) is 0 Å². The number of rotatable bonds is 5. The van der Waals surface area contributed by atoms with E-state index in [2.05, 4.69) is 19.9 Å². The average molecular weight is 297 g/mol. The van der Waals surface area contributed by atoms with Crippen LogP contribution < -0.4 is 10.1 Å². The standard InChI is InChI=1S/C15H21F2N3O/c1-2-18-15(20-8-3-4-9-20)19-11-12-6-5-7-13(10-12)21-14(16)17/h5-7,10,14H,2-4,8-9,11H2,1H3,(H,18,19). The second-order valence-electron chi connectivity index (χ2n) is 4.89. The normalized spacial score (nSPS) is 15.6. The van der Waals surface area contributed by atoms with E-state index in [4.69, 9.17) is 0 Å². The molecule has 2 rings (SSSR count). The van der Waals surface area contributed by atoms with Crippen molar-refractivity contribution in [3.8, 4) is 5.75 Å². The molecule has 1 heterocycles. The minimum Gasteiger partial charge on any atom is -0.435 e. The quantitative estimate of drug-likeness (QED) is 0.671. The number of aliphatic imine (C=N–C) groups is 1. The Bertz CT molecular complexity index is 474. The van der Waals surface area contributed by atoms with Crippen LogP contribution in [0.25, 0.3) is 0 Å². The summed E-state index contributed by atoms with van der Waals surface area (Å²) in [5.74, 6) is 1.05. The molecule has 1 aliphatic heterocycles. The van der Waals surface area contributed by atoms with Gasteiger partial charge in [-0.05, 0) is 37.5 Å². The summed E-state index contributed by atoms with van der Waals surface area (Å²) in [5, 5.41) is 3.27. The number of nitrogens with zero attached hydrogens (tertiary/aromatic N) is 2. The van der Waals surface area contributed by atoms with Crippen LogP contribution in [-0.2, 0) is 6.54 Å². The van der Waals surface area contributed by atoms with Crippen LogP contribution in [0.5, 0.6) is 5.75 Å². The number of benzene rings is 1. The van der Waals surface area contributed by atoms with Gasteiger partial charge in [-0.3, -0.25) is 0 Å². The topological polar surface area (TPSA) is 36.9 Å². The van der Waals surface area contributed by atoms with Gasteiger partial charge in [0.1, 0.15) is 5.75 Å². The van der Waals surface area contributed by atoms with Gasteiger partial charge in [-0.15, -0.1) is 0 Å². The summed E-state index contributed by atoms with van der Waals surface area (Å²) in [4.78, 5) is 6.80. The predicted molar refractivity (Wildman–Crippen MR) is 78.7 cm³/mol. The van der Waals surface area contributed by atoms with Crippen LogP contribution in [0.15, 0.2) is 29.3 Å². The molecule has 116 valence electrons. The average Bonchev–Trinajstić information content (AvgIpc) is 2.97. The third-order valence-corrected chi connectivity index (χ3v) is 3.28. The Morgan fingerprint density at radius 2 is 2.14 bits per heavy atom. The second kappa shape index (κ2) is 7.81. The maximum absolute atomic E-state index is 12.2. The van der Waals surface area contributed by atoms with Crippen molar-refractivity contribution >= 4 is 5.96 Å². The van der Waals surface area contributed by atoms with E-state index in [1.807, 2.05) is 13.0 Å². The highest BCUT2D eigenvalue weighted by atomic mass is 19.3. The van der Waals surface area contributed by atoms with E-state index >= 15 is 0 Å². The Morgan fingerprint density at radius 3 is 2.81 bits per heavy atom. The van der Waals surface area contributed by atoms with Crippen molar-refractivity contribution in [2.45, 2.75) is 32.9 Å². The molecule has 0 unspecified atom stereocenters. The lowest BCUT2D eigenvalue weighted by Crippen LogP contribution is -2.39. The molecule has 0 radical (unpaired) electrons. The van der Waals surface area contributed by atoms with Gasteiger partial charge in [0, 0.05) is 19.6 Å². The Hall–Kier alpha value is -1.85. The molecule has 1 aromatic rings. The first-order valence-corrected chi connectivity index (χ1v) is 7.26. The molecule has 0 atom stereocenters. The minimum atomic E-state index is -2.80. The number of alkyl halides is 2. The van der Waals surface area contributed by atoms with Crippen LogP contribution >= 0.6 is 0 Å². The van der Waals surface area contributed by atoms with Crippen LogP contribution in [0.2, 0.25) is 0 Å². The summed E-state index contributed by atoms with van der Waals surface area (Å²) >= 11 is 0. The maximum atomic E-state index is 12.2. The van der Waals surface area contributed by atoms with Crippen molar-refractivity contribution in [3.63, 3.8) is 0 Å². The lowest BCUT2D eigenvalue weighted by atomic mass is 10.2. The summed E-state index contributed by atoms with van der Waals surface area (Å²) < 4.78 is 28.8. The molecule has 0 saturated carbocycles. The fraction of sp³-hybridized carbons (Fsp3) is 0.533. The molecule has 4 nitrogen and oxygen atoms in total. The van der Waals surface area contributed by atoms with Crippen molar-refractivity contribution in [1.82, 2.24) is 10.2 Å². The summed E-state index contributed by atoms with van der Waals surface area (Å²) in [6.45, 7) is 2.51. The molecule has 6 heteroatoms. The SMILES string of the molecule is CCNC(=NCc1cccc(OC(F)F)c1)N1CCCC1. The first-order valence-electron chi connectivity index (χ1n) is 7.26. The number of hydrogen-bond donors (Lipinski definition) is 1. The van der Waals surface area contributed by atoms with Gasteiger partial charge in [0.15, 0.2) is 5.96 Å². The molecular weight excluding hydrogens is 276 g/mol. The van der Waals surface area contributed by atoms with Crippen molar-refractivity contribution in [1.29, 1.82) is 0 Å². The molecular formula is C15H21F2N3O. The first kappa shape index (κ1) is 15.5. The van der Waals surface area contributed by atoms with Gasteiger partial charge in [-0.1, -0.05) is 12.1 Å². The van der Waals surface area contributed by atoms with E-state index in [0.717, 1.165) is 31.2 Å². The van der Waals surface area contributed by atoms with Crippen molar-refractivity contribution in [2.75, 3.05) is 19.6 Å². The summed E-state index contributed by atoms with van der Waals surface area (Å²) in [5.41, 5.74) is 0.850. The fourth-order valence-corrected chi connectivity index (χ4v) is 2.34. The molecule has 1 fully saturated rings. The zero-order valence-corrected chi connectivity index (χ0v) is 12.2. The zero-order valence-electron chi connectivity index (χ0n) is 12.2. The number of ether oxygens (including phenoxy) is 1. The zero-order chi connectivity index (χ0) is 15.1. The van der Waals surface area contributed by atoms with Crippen LogP contribution in [-0.4, -0.2) is 37.1 Å². The number of nitrogens with one attached hydrogen (secondary N) is 1. The lowest BCUT2D eigenvalue weighted by molar-refractivity contribution is -0.0498. The highest BCUT2D eigenvalue weighted by molar-refractivity contribution is 5.80. The highest BCUT2D eigenvalue weighted by Crippen LogP contribution is 2.17. The fourth-order valence-electron chi connectivity index (χ4n) is 2.34. The number of halogens is 2. The van der Waals surface area contributed by atoms with Crippen LogP contribution in [0.3, 0.4) is 0 Å². The lowest BCUT2D eigenvalue weighted by Gasteiger charge is -2.20. The van der Waals surface area contributed by atoms with Crippen molar-refractivity contribution in [3.05, 3.63) is 29.8 Å². The Morgan fingerprint density at radius 1 is 1.38 bits per heavy atom. The molecule has 1 N–H and O–H groups in total. The van der Waals surface area contributed by atoms with E-state index in [1.54, 1.807) is 12.1 Å². The summed E-state index contributed by atoms with van der Waals surface area (Å²) in [6.07, 6.45) is 2.37. The van der Waals surface area contributed by atoms with Gasteiger partial charge >= 0.3 is 6.61 Å². The molecule has 1 saturated heterocycles. The van der Waals surface area contributed by atoms with E-state index < -0.39 is 6.61 Å². The molecule has 21 heavy (non-hydrogen) atoms. The smallest absolute Gasteiger partial charge is 0.387 e. The van der Waals surface area contributed by atoms with E-state index in [-0.39, 0.29) is 5.75 Å². The minimum absolute atomic E-state index is 0.170. The number of guanidine groups is 1. The van der Waals surface area contributed by atoms with Crippen LogP contribution in [0.1, 0.15) is 25.3 Å². The van der Waals surface area contributed by atoms with Crippen molar-refractivity contribution in [2.24, 2.45) is 4.99 Å². The van der Waals surface area contributed by atoms with Crippen LogP contribution in [0, 0.1) is 0 Å². The van der Waals surface area contributed by atoms with Crippen molar-refractivity contribution < 1.29 is 13.5 Å². The predicted octanol–water partition coefficient (Wildman–Crippen LogP) is 2.85. The summed E-state index contributed by atoms with van der Waals surface area (Å²) in [7, 11) is 0. The van der Waals surface area contributed by atoms with Gasteiger partial charge in [-0.2, -0.15) is 8.78 Å². The van der Waals surface area contributed by atoms with E-state index in [9.17, 15) is 8.78 Å². The van der Waals surface area contributed by atoms with Gasteiger partial charge in [0.05, 0.1) is 6.54 Å². The molecule has 0 bridgehead atoms. The third kappa shape index (κ3) is 4.88. The first-order chi connectivity index (χ1) is 10.2. The molecule has 0 aliphatic carbocycles. The molecule has 0 spiro atoms. The largest absolute Gasteiger partial charge is 0.435 e. The van der Waals surface area contributed by atoms with Gasteiger partial charge in [-0.25, -0.2) is 4.99 Å². The van der Waals surface area contributed by atoms with E-state index in [0.29, 0.717) is 6.54 Å².